The van der Waals surface area contributed by atoms with Crippen LogP contribution in [0.5, 0.6) is 0 Å². The number of aromatic amines is 1. The Kier molecular flexibility index (Phi) is 5.53. The molecule has 2 aromatic carbocycles. The van der Waals surface area contributed by atoms with Gasteiger partial charge in [-0.2, -0.15) is 0 Å². The van der Waals surface area contributed by atoms with Crippen molar-refractivity contribution >= 4 is 28.6 Å². The van der Waals surface area contributed by atoms with Gasteiger partial charge < -0.3 is 19.7 Å². The molecule has 32 heavy (non-hydrogen) atoms. The van der Waals surface area contributed by atoms with E-state index in [1.54, 1.807) is 0 Å². The number of H-pyrrole nitrogens is 1. The summed E-state index contributed by atoms with van der Waals surface area (Å²) < 4.78 is 0. The van der Waals surface area contributed by atoms with Crippen LogP contribution in [0.3, 0.4) is 0 Å². The first-order chi connectivity index (χ1) is 15.5. The summed E-state index contributed by atoms with van der Waals surface area (Å²) in [7, 11) is 0. The monoisotopic (exact) mass is 431 g/mol. The first-order valence-electron chi connectivity index (χ1n) is 11.8. The van der Waals surface area contributed by atoms with Crippen LogP contribution in [0.4, 0.5) is 11.6 Å². The number of aryl methyl sites for hydroxylation is 3. The van der Waals surface area contributed by atoms with Crippen LogP contribution in [0.1, 0.15) is 29.5 Å². The van der Waals surface area contributed by atoms with Crippen LogP contribution in [-0.4, -0.2) is 60.0 Å². The van der Waals surface area contributed by atoms with E-state index in [9.17, 15) is 4.79 Å². The molecule has 0 radical (unpaired) electrons. The molecule has 1 amide bonds. The van der Waals surface area contributed by atoms with Crippen LogP contribution < -0.4 is 9.80 Å². The van der Waals surface area contributed by atoms with Crippen molar-refractivity contribution < 1.29 is 4.79 Å². The van der Waals surface area contributed by atoms with Gasteiger partial charge in [0.25, 0.3) is 0 Å². The predicted octanol–water partition coefficient (Wildman–Crippen LogP) is 4.05. The topological polar surface area (TPSA) is 55.5 Å². The van der Waals surface area contributed by atoms with E-state index in [-0.39, 0.29) is 5.92 Å². The molecule has 2 fully saturated rings. The van der Waals surface area contributed by atoms with E-state index >= 15 is 0 Å². The third-order valence-electron chi connectivity index (χ3n) is 7.07. The number of benzene rings is 2. The van der Waals surface area contributed by atoms with Gasteiger partial charge >= 0.3 is 0 Å². The molecule has 0 atom stereocenters. The van der Waals surface area contributed by atoms with Crippen LogP contribution in [0.15, 0.2) is 36.4 Å². The first-order valence-corrected chi connectivity index (χ1v) is 11.8. The minimum Gasteiger partial charge on any atom is -0.368 e. The highest BCUT2D eigenvalue weighted by Gasteiger charge is 2.31. The van der Waals surface area contributed by atoms with Gasteiger partial charge in [-0.1, -0.05) is 18.2 Å². The smallest absolute Gasteiger partial charge is 0.225 e. The third-order valence-corrected chi connectivity index (χ3v) is 7.07. The van der Waals surface area contributed by atoms with E-state index in [1.165, 1.54) is 22.4 Å². The summed E-state index contributed by atoms with van der Waals surface area (Å²) in [6.07, 6.45) is 1.79. The van der Waals surface area contributed by atoms with Crippen molar-refractivity contribution in [2.45, 2.75) is 33.6 Å². The number of nitrogens with one attached hydrogen (secondary N) is 1. The molecular formula is C26H33N5O. The summed E-state index contributed by atoms with van der Waals surface area (Å²) in [4.78, 5) is 28.2. The molecule has 5 rings (SSSR count). The van der Waals surface area contributed by atoms with Gasteiger partial charge in [0.1, 0.15) is 0 Å². The number of rotatable bonds is 3. The summed E-state index contributed by atoms with van der Waals surface area (Å²) in [6, 6.07) is 12.9. The lowest BCUT2D eigenvalue weighted by atomic mass is 9.95. The van der Waals surface area contributed by atoms with Crippen molar-refractivity contribution in [1.29, 1.82) is 0 Å². The molecular weight excluding hydrogens is 398 g/mol. The first kappa shape index (κ1) is 20.9. The Balaban J connectivity index is 1.16. The zero-order chi connectivity index (χ0) is 22.2. The summed E-state index contributed by atoms with van der Waals surface area (Å²) in [6.45, 7) is 11.6. The molecule has 0 aliphatic carbocycles. The van der Waals surface area contributed by atoms with E-state index in [2.05, 4.69) is 76.9 Å². The number of anilines is 2. The third kappa shape index (κ3) is 4.06. The maximum atomic E-state index is 13.2. The van der Waals surface area contributed by atoms with Gasteiger partial charge in [0, 0.05) is 50.9 Å². The largest absolute Gasteiger partial charge is 0.368 e. The fraction of sp³-hybridized carbons (Fsp3) is 0.462. The lowest BCUT2D eigenvalue weighted by molar-refractivity contribution is -0.136. The fourth-order valence-corrected chi connectivity index (χ4v) is 5.08. The van der Waals surface area contributed by atoms with Crippen LogP contribution in [0.25, 0.3) is 11.0 Å². The number of nitrogens with zero attached hydrogens (tertiary/aromatic N) is 4. The summed E-state index contributed by atoms with van der Waals surface area (Å²) >= 11 is 0. The van der Waals surface area contributed by atoms with Crippen molar-refractivity contribution in [3.8, 4) is 0 Å². The Morgan fingerprint density at radius 3 is 2.31 bits per heavy atom. The summed E-state index contributed by atoms with van der Waals surface area (Å²) in [5.74, 6) is 1.40. The lowest BCUT2D eigenvalue weighted by Gasteiger charge is -2.39. The van der Waals surface area contributed by atoms with E-state index < -0.39 is 0 Å². The molecule has 6 heteroatoms. The fourth-order valence-electron chi connectivity index (χ4n) is 5.08. The SMILES string of the molecule is Cc1ccc(C)c(N2CCN(C(=O)C3CCN(c4nc5ccc(C)cc5[nH]4)CC3)CC2)c1. The highest BCUT2D eigenvalue weighted by Crippen LogP contribution is 2.27. The van der Waals surface area contributed by atoms with Crippen molar-refractivity contribution in [1.82, 2.24) is 14.9 Å². The average molecular weight is 432 g/mol. The van der Waals surface area contributed by atoms with Gasteiger partial charge in [-0.3, -0.25) is 4.79 Å². The maximum Gasteiger partial charge on any atom is 0.225 e. The molecule has 3 heterocycles. The molecule has 0 saturated carbocycles. The zero-order valence-electron chi connectivity index (χ0n) is 19.4. The van der Waals surface area contributed by atoms with Crippen molar-refractivity contribution in [3.63, 3.8) is 0 Å². The number of amides is 1. The number of imidazole rings is 1. The van der Waals surface area contributed by atoms with Crippen molar-refractivity contribution in [2.24, 2.45) is 5.92 Å². The number of hydrogen-bond donors (Lipinski definition) is 1. The molecule has 1 N–H and O–H groups in total. The Bertz CT molecular complexity index is 1120. The molecule has 0 unspecified atom stereocenters. The lowest BCUT2D eigenvalue weighted by Crippen LogP contribution is -2.52. The minimum atomic E-state index is 0.130. The van der Waals surface area contributed by atoms with Crippen LogP contribution in [0.2, 0.25) is 0 Å². The molecule has 6 nitrogen and oxygen atoms in total. The second-order valence-corrected chi connectivity index (χ2v) is 9.44. The van der Waals surface area contributed by atoms with Crippen LogP contribution >= 0.6 is 0 Å². The standard InChI is InChI=1S/C26H33N5O/c1-18-5-7-22-23(16-18)28-26(27-22)31-10-8-21(9-11-31)25(32)30-14-12-29(13-15-30)24-17-19(2)4-6-20(24)3/h4-7,16-17,21H,8-15H2,1-3H3,(H,27,28). The summed E-state index contributed by atoms with van der Waals surface area (Å²) in [5, 5.41) is 0. The van der Waals surface area contributed by atoms with Crippen LogP contribution in [-0.2, 0) is 4.79 Å². The van der Waals surface area contributed by atoms with Gasteiger partial charge in [-0.15, -0.1) is 0 Å². The Morgan fingerprint density at radius 2 is 1.56 bits per heavy atom. The molecule has 168 valence electrons. The van der Waals surface area contributed by atoms with Crippen molar-refractivity contribution in [3.05, 3.63) is 53.1 Å². The van der Waals surface area contributed by atoms with Gasteiger partial charge in [0.15, 0.2) is 0 Å². The Hall–Kier alpha value is -3.02. The number of piperazine rings is 1. The van der Waals surface area contributed by atoms with E-state index in [4.69, 9.17) is 4.98 Å². The number of aromatic nitrogens is 2. The van der Waals surface area contributed by atoms with Gasteiger partial charge in [0.2, 0.25) is 11.9 Å². The second-order valence-electron chi connectivity index (χ2n) is 9.44. The summed E-state index contributed by atoms with van der Waals surface area (Å²) in [5.41, 5.74) is 7.23. The molecule has 2 saturated heterocycles. The molecule has 1 aromatic heterocycles. The molecule has 0 bridgehead atoms. The molecule has 2 aliphatic heterocycles. The van der Waals surface area contributed by atoms with Gasteiger partial charge in [0.05, 0.1) is 11.0 Å². The Morgan fingerprint density at radius 1 is 0.875 bits per heavy atom. The Labute approximate surface area is 190 Å². The maximum absolute atomic E-state index is 13.2. The van der Waals surface area contributed by atoms with E-state index in [0.717, 1.165) is 69.1 Å². The number of carbonyl (C=O) groups excluding carboxylic acids is 1. The van der Waals surface area contributed by atoms with Crippen LogP contribution in [0, 0.1) is 26.7 Å². The second kappa shape index (κ2) is 8.49. The van der Waals surface area contributed by atoms with E-state index in [1.807, 2.05) is 0 Å². The number of hydrogen-bond acceptors (Lipinski definition) is 4. The molecule has 2 aliphatic rings. The normalized spacial score (nSPS) is 17.9. The predicted molar refractivity (Wildman–Crippen MR) is 130 cm³/mol. The van der Waals surface area contributed by atoms with Gasteiger partial charge in [-0.05, 0) is 68.5 Å². The highest BCUT2D eigenvalue weighted by atomic mass is 16.2. The van der Waals surface area contributed by atoms with E-state index in [0.29, 0.717) is 5.91 Å². The minimum absolute atomic E-state index is 0.130. The van der Waals surface area contributed by atoms with Crippen molar-refractivity contribution in [2.75, 3.05) is 49.1 Å². The molecule has 0 spiro atoms. The van der Waals surface area contributed by atoms with Gasteiger partial charge in [-0.25, -0.2) is 4.98 Å². The highest BCUT2D eigenvalue weighted by molar-refractivity contribution is 5.80. The number of fused-ring (bicyclic) bond motifs is 1. The molecule has 3 aromatic rings. The average Bonchev–Trinajstić information content (AvgIpc) is 3.24. The number of carbonyl (C=O) groups is 1. The quantitative estimate of drug-likeness (QED) is 0.680. The zero-order valence-corrected chi connectivity index (χ0v) is 19.4. The number of piperidine rings is 1.